The lowest BCUT2D eigenvalue weighted by Crippen LogP contribution is -2.55. The van der Waals surface area contributed by atoms with Crippen molar-refractivity contribution in [1.82, 2.24) is 10.6 Å². The Morgan fingerprint density at radius 3 is 2.41 bits per heavy atom. The van der Waals surface area contributed by atoms with E-state index in [9.17, 15) is 4.79 Å². The number of thiocarbonyl (C=S) groups is 1. The van der Waals surface area contributed by atoms with Gasteiger partial charge in [0.1, 0.15) is 6.17 Å². The van der Waals surface area contributed by atoms with Crippen molar-refractivity contribution in [2.75, 3.05) is 5.32 Å². The number of carbonyl (C=O) groups is 1. The maximum absolute atomic E-state index is 11.4. The number of halogens is 5. The highest BCUT2D eigenvalue weighted by Crippen LogP contribution is 2.29. The van der Waals surface area contributed by atoms with Gasteiger partial charge >= 0.3 is 0 Å². The van der Waals surface area contributed by atoms with Crippen molar-refractivity contribution in [2.24, 2.45) is 0 Å². The number of amides is 1. The molecule has 3 N–H and O–H groups in total. The van der Waals surface area contributed by atoms with Crippen LogP contribution >= 0.6 is 70.2 Å². The van der Waals surface area contributed by atoms with Crippen molar-refractivity contribution in [3.8, 4) is 0 Å². The van der Waals surface area contributed by atoms with Crippen molar-refractivity contribution in [2.45, 2.75) is 9.96 Å². The van der Waals surface area contributed by atoms with Crippen LogP contribution in [0, 0.1) is 0 Å². The molecule has 0 heterocycles. The smallest absolute Gasteiger partial charge is 0.245 e. The molecule has 0 spiro atoms. The zero-order chi connectivity index (χ0) is 16.9. The van der Waals surface area contributed by atoms with Crippen molar-refractivity contribution < 1.29 is 4.79 Å². The molecule has 0 fully saturated rings. The van der Waals surface area contributed by atoms with E-state index in [-0.39, 0.29) is 5.11 Å². The number of hydrogen-bond donors (Lipinski definition) is 3. The fraction of sp³-hybridized carbons (Fsp3) is 0.167. The van der Waals surface area contributed by atoms with Crippen molar-refractivity contribution in [3.63, 3.8) is 0 Å². The summed E-state index contributed by atoms with van der Waals surface area (Å²) in [5.41, 5.74) is 0.502. The lowest BCUT2D eigenvalue weighted by molar-refractivity contribution is -0.117. The fourth-order valence-electron chi connectivity index (χ4n) is 1.28. The number of hydrogen-bond acceptors (Lipinski definition) is 2. The van der Waals surface area contributed by atoms with E-state index in [1.165, 1.54) is 0 Å². The van der Waals surface area contributed by atoms with Crippen molar-refractivity contribution in [3.05, 3.63) is 40.9 Å². The molecule has 0 aliphatic carbocycles. The second kappa shape index (κ2) is 8.43. The van der Waals surface area contributed by atoms with Crippen LogP contribution in [0.3, 0.4) is 0 Å². The van der Waals surface area contributed by atoms with Gasteiger partial charge in [0, 0.05) is 5.02 Å². The van der Waals surface area contributed by atoms with Crippen LogP contribution in [0.15, 0.2) is 30.9 Å². The Bertz CT molecular complexity index is 591. The Balaban J connectivity index is 2.78. The molecule has 0 unspecified atom stereocenters. The van der Waals surface area contributed by atoms with Crippen molar-refractivity contribution >= 4 is 86.9 Å². The molecule has 0 bridgehead atoms. The van der Waals surface area contributed by atoms with E-state index < -0.39 is 15.9 Å². The van der Waals surface area contributed by atoms with Gasteiger partial charge in [0.15, 0.2) is 5.11 Å². The van der Waals surface area contributed by atoms with Gasteiger partial charge in [0.05, 0.1) is 10.7 Å². The fourth-order valence-corrected chi connectivity index (χ4v) is 2.29. The van der Waals surface area contributed by atoms with Gasteiger partial charge in [0.25, 0.3) is 0 Å². The summed E-state index contributed by atoms with van der Waals surface area (Å²) in [7, 11) is 0. The number of nitrogens with one attached hydrogen (secondary N) is 3. The average molecular weight is 422 g/mol. The number of anilines is 1. The molecule has 0 aliphatic heterocycles. The van der Waals surface area contributed by atoms with E-state index in [2.05, 4.69) is 22.5 Å². The summed E-state index contributed by atoms with van der Waals surface area (Å²) in [6.45, 7) is 3.31. The summed E-state index contributed by atoms with van der Waals surface area (Å²) in [6, 6.07) is 4.80. The van der Waals surface area contributed by atoms with E-state index in [1.54, 1.807) is 18.2 Å². The average Bonchev–Trinajstić information content (AvgIpc) is 2.40. The van der Waals surface area contributed by atoms with Gasteiger partial charge in [-0.3, -0.25) is 4.79 Å². The van der Waals surface area contributed by atoms with Gasteiger partial charge < -0.3 is 16.0 Å². The molecule has 1 atom stereocenters. The van der Waals surface area contributed by atoms with Crippen LogP contribution in [0.4, 0.5) is 5.69 Å². The number of carbonyl (C=O) groups excluding carboxylic acids is 1. The summed E-state index contributed by atoms with van der Waals surface area (Å²) >= 11 is 34.3. The molecule has 1 amide bonds. The van der Waals surface area contributed by atoms with Gasteiger partial charge in [0.2, 0.25) is 9.70 Å². The van der Waals surface area contributed by atoms with Crippen LogP contribution in [0.2, 0.25) is 10.0 Å². The molecule has 4 nitrogen and oxygen atoms in total. The molecule has 0 radical (unpaired) electrons. The third-order valence-corrected chi connectivity index (χ3v) is 3.68. The van der Waals surface area contributed by atoms with Crippen LogP contribution in [0.1, 0.15) is 0 Å². The third-order valence-electron chi connectivity index (χ3n) is 2.25. The van der Waals surface area contributed by atoms with Crippen LogP contribution in [-0.2, 0) is 4.79 Å². The van der Waals surface area contributed by atoms with Crippen LogP contribution in [0.5, 0.6) is 0 Å². The maximum atomic E-state index is 11.4. The van der Waals surface area contributed by atoms with Crippen LogP contribution < -0.4 is 16.0 Å². The minimum atomic E-state index is -1.84. The highest BCUT2D eigenvalue weighted by molar-refractivity contribution is 7.80. The largest absolute Gasteiger partial charge is 0.339 e. The van der Waals surface area contributed by atoms with E-state index in [0.29, 0.717) is 15.7 Å². The molecule has 0 aromatic heterocycles. The first kappa shape index (κ1) is 19.6. The molecular weight excluding hydrogens is 411 g/mol. The monoisotopic (exact) mass is 419 g/mol. The number of rotatable bonds is 4. The highest BCUT2D eigenvalue weighted by Gasteiger charge is 2.34. The summed E-state index contributed by atoms with van der Waals surface area (Å²) < 4.78 is -1.84. The normalized spacial score (nSPS) is 12.2. The van der Waals surface area contributed by atoms with Crippen LogP contribution in [0.25, 0.3) is 0 Å². The lowest BCUT2D eigenvalue weighted by atomic mass is 10.3. The molecule has 120 valence electrons. The summed E-state index contributed by atoms with van der Waals surface area (Å²) in [5, 5.41) is 8.80. The summed E-state index contributed by atoms with van der Waals surface area (Å²) in [4.78, 5) is 11.4. The number of alkyl halides is 3. The van der Waals surface area contributed by atoms with Crippen LogP contribution in [-0.4, -0.2) is 21.0 Å². The maximum Gasteiger partial charge on any atom is 0.245 e. The SMILES string of the molecule is C=CC(=O)N[C@H](NC(=S)Nc1ccc(Cl)cc1Cl)C(Cl)(Cl)Cl. The first-order valence-electron chi connectivity index (χ1n) is 5.65. The predicted molar refractivity (Wildman–Crippen MR) is 98.2 cm³/mol. The number of benzene rings is 1. The lowest BCUT2D eigenvalue weighted by Gasteiger charge is -2.27. The van der Waals surface area contributed by atoms with E-state index in [4.69, 9.17) is 70.2 Å². The van der Waals surface area contributed by atoms with Gasteiger partial charge in [-0.2, -0.15) is 0 Å². The zero-order valence-electron chi connectivity index (χ0n) is 10.8. The molecule has 1 aromatic carbocycles. The Labute approximate surface area is 158 Å². The third kappa shape index (κ3) is 6.36. The first-order chi connectivity index (χ1) is 10.1. The Morgan fingerprint density at radius 2 is 1.91 bits per heavy atom. The molecule has 0 saturated carbocycles. The minimum Gasteiger partial charge on any atom is -0.339 e. The molecular formula is C12H10Cl5N3OS. The Hall–Kier alpha value is -0.430. The van der Waals surface area contributed by atoms with E-state index >= 15 is 0 Å². The standard InChI is InChI=1S/C12H10Cl5N3OS/c1-2-9(21)19-10(12(15,16)17)20-11(22)18-8-4-3-6(13)5-7(8)14/h2-5,10H,1H2,(H,19,21)(H2,18,20,22)/t10-/m1/s1. The Kier molecular flexibility index (Phi) is 7.52. The first-order valence-corrected chi connectivity index (χ1v) is 7.95. The zero-order valence-corrected chi connectivity index (χ0v) is 15.4. The topological polar surface area (TPSA) is 53.2 Å². The summed E-state index contributed by atoms with van der Waals surface area (Å²) in [5.74, 6) is -0.531. The molecule has 10 heteroatoms. The van der Waals surface area contributed by atoms with E-state index in [0.717, 1.165) is 6.08 Å². The molecule has 22 heavy (non-hydrogen) atoms. The van der Waals surface area contributed by atoms with Gasteiger partial charge in [-0.1, -0.05) is 64.6 Å². The predicted octanol–water partition coefficient (Wildman–Crippen LogP) is 4.28. The second-order valence-corrected chi connectivity index (χ2v) is 7.53. The molecule has 1 aromatic rings. The quantitative estimate of drug-likeness (QED) is 0.294. The van der Waals surface area contributed by atoms with Gasteiger partial charge in [-0.15, -0.1) is 0 Å². The minimum absolute atomic E-state index is 0.0879. The molecule has 0 saturated heterocycles. The molecule has 1 rings (SSSR count). The molecule has 0 aliphatic rings. The van der Waals surface area contributed by atoms with Gasteiger partial charge in [-0.25, -0.2) is 0 Å². The van der Waals surface area contributed by atoms with Gasteiger partial charge in [-0.05, 0) is 36.5 Å². The van der Waals surface area contributed by atoms with Crippen molar-refractivity contribution in [1.29, 1.82) is 0 Å². The van der Waals surface area contributed by atoms with E-state index in [1.807, 2.05) is 0 Å². The Morgan fingerprint density at radius 1 is 1.27 bits per heavy atom. The highest BCUT2D eigenvalue weighted by atomic mass is 35.6. The summed E-state index contributed by atoms with van der Waals surface area (Å²) in [6.07, 6.45) is -0.0356. The second-order valence-electron chi connectivity index (χ2n) is 3.91.